The minimum Gasteiger partial charge on any atom is -0.479 e. The highest BCUT2D eigenvalue weighted by atomic mass is 35.5. The molecule has 2 aromatic rings. The topological polar surface area (TPSA) is 83.8 Å². The predicted octanol–water partition coefficient (Wildman–Crippen LogP) is 4.59. The summed E-state index contributed by atoms with van der Waals surface area (Å²) in [5, 5.41) is 17.5. The van der Waals surface area contributed by atoms with Gasteiger partial charge in [-0.2, -0.15) is 0 Å². The third-order valence-corrected chi connectivity index (χ3v) is 3.53. The van der Waals surface area contributed by atoms with Gasteiger partial charge in [0.05, 0.1) is 0 Å². The molecular formula is C20H21ClO5. The normalized spacial score (nSPS) is 11.4. The van der Waals surface area contributed by atoms with Gasteiger partial charge in [0.1, 0.15) is 5.75 Å². The summed E-state index contributed by atoms with van der Waals surface area (Å²) in [6, 6.07) is 12.6. The summed E-state index contributed by atoms with van der Waals surface area (Å²) >= 11 is 5.68. The van der Waals surface area contributed by atoms with Crippen molar-refractivity contribution >= 4 is 29.6 Å². The number of aliphatic carboxylic acids is 2. The molecule has 1 unspecified atom stereocenters. The van der Waals surface area contributed by atoms with Gasteiger partial charge in [-0.25, -0.2) is 9.59 Å². The van der Waals surface area contributed by atoms with Crippen molar-refractivity contribution in [2.45, 2.75) is 26.9 Å². The Balaban J connectivity index is 0.000000260. The van der Waals surface area contributed by atoms with E-state index < -0.39 is 18.0 Å². The van der Waals surface area contributed by atoms with Gasteiger partial charge in [0.15, 0.2) is 6.10 Å². The van der Waals surface area contributed by atoms with E-state index >= 15 is 0 Å². The number of benzene rings is 2. The number of halogens is 1. The molecule has 0 aliphatic heterocycles. The molecule has 0 fully saturated rings. The van der Waals surface area contributed by atoms with E-state index in [4.69, 9.17) is 26.6 Å². The summed E-state index contributed by atoms with van der Waals surface area (Å²) in [5.41, 5.74) is 3.18. The van der Waals surface area contributed by atoms with Crippen LogP contribution < -0.4 is 4.74 Å². The van der Waals surface area contributed by atoms with Gasteiger partial charge in [0.2, 0.25) is 0 Å². The zero-order chi connectivity index (χ0) is 19.7. The van der Waals surface area contributed by atoms with Crippen molar-refractivity contribution in [2.75, 3.05) is 0 Å². The van der Waals surface area contributed by atoms with Crippen molar-refractivity contribution in [3.8, 4) is 5.75 Å². The van der Waals surface area contributed by atoms with Gasteiger partial charge in [0, 0.05) is 11.1 Å². The molecule has 1 atom stereocenters. The molecule has 0 saturated heterocycles. The van der Waals surface area contributed by atoms with Crippen molar-refractivity contribution < 1.29 is 24.5 Å². The maximum Gasteiger partial charge on any atom is 0.344 e. The molecule has 5 nitrogen and oxygen atoms in total. The molecule has 0 amide bonds. The third kappa shape index (κ3) is 7.85. The van der Waals surface area contributed by atoms with Crippen molar-refractivity contribution in [1.29, 1.82) is 0 Å². The van der Waals surface area contributed by atoms with Gasteiger partial charge in [0.25, 0.3) is 0 Å². The number of aryl methyl sites for hydroxylation is 2. The molecule has 2 rings (SSSR count). The molecule has 0 aromatic heterocycles. The highest BCUT2D eigenvalue weighted by molar-refractivity contribution is 6.30. The van der Waals surface area contributed by atoms with Crippen LogP contribution in [-0.2, 0) is 9.59 Å². The number of carboxylic acid groups (broad SMARTS) is 2. The molecule has 6 heteroatoms. The van der Waals surface area contributed by atoms with Crippen molar-refractivity contribution in [1.82, 2.24) is 0 Å². The van der Waals surface area contributed by atoms with E-state index in [-0.39, 0.29) is 0 Å². The third-order valence-electron chi connectivity index (χ3n) is 3.30. The van der Waals surface area contributed by atoms with Crippen LogP contribution in [0.5, 0.6) is 5.75 Å². The second-order valence-electron chi connectivity index (χ2n) is 5.59. The van der Waals surface area contributed by atoms with Crippen LogP contribution in [0.15, 0.2) is 48.5 Å². The number of carbonyl (C=O) groups is 2. The zero-order valence-electron chi connectivity index (χ0n) is 14.8. The Morgan fingerprint density at radius 1 is 1.12 bits per heavy atom. The van der Waals surface area contributed by atoms with Gasteiger partial charge in [-0.3, -0.25) is 0 Å². The van der Waals surface area contributed by atoms with Gasteiger partial charge >= 0.3 is 11.9 Å². The lowest BCUT2D eigenvalue weighted by molar-refractivity contribution is -0.144. The van der Waals surface area contributed by atoms with Crippen LogP contribution in [0.3, 0.4) is 0 Å². The van der Waals surface area contributed by atoms with Crippen molar-refractivity contribution in [3.05, 3.63) is 70.3 Å². The average Bonchev–Trinajstić information content (AvgIpc) is 2.56. The molecule has 0 saturated carbocycles. The fourth-order valence-electron chi connectivity index (χ4n) is 1.90. The Bertz CT molecular complexity index is 799. The summed E-state index contributed by atoms with van der Waals surface area (Å²) < 4.78 is 5.07. The summed E-state index contributed by atoms with van der Waals surface area (Å²) in [4.78, 5) is 20.7. The molecule has 2 aromatic carbocycles. The molecule has 138 valence electrons. The van der Waals surface area contributed by atoms with Gasteiger partial charge < -0.3 is 14.9 Å². The summed E-state index contributed by atoms with van der Waals surface area (Å²) in [6.45, 7) is 5.40. The SMILES string of the molecule is CC(Oc1cccc(Cl)c1)C(=O)O.Cc1ccc(C)c(C=CC(=O)O)c1. The average molecular weight is 377 g/mol. The Hall–Kier alpha value is -2.79. The van der Waals surface area contributed by atoms with Gasteiger partial charge in [-0.05, 0) is 56.2 Å². The van der Waals surface area contributed by atoms with Crippen LogP contribution in [-0.4, -0.2) is 28.3 Å². The van der Waals surface area contributed by atoms with Crippen LogP contribution in [0.2, 0.25) is 5.02 Å². The lowest BCUT2D eigenvalue weighted by atomic mass is 10.1. The largest absolute Gasteiger partial charge is 0.479 e. The molecule has 0 radical (unpaired) electrons. The van der Waals surface area contributed by atoms with Crippen LogP contribution in [0.25, 0.3) is 6.08 Å². The number of carboxylic acids is 2. The molecule has 0 bridgehead atoms. The van der Waals surface area contributed by atoms with Crippen molar-refractivity contribution in [3.63, 3.8) is 0 Å². The first-order valence-corrected chi connectivity index (χ1v) is 8.20. The number of hydrogen-bond acceptors (Lipinski definition) is 3. The van der Waals surface area contributed by atoms with Crippen LogP contribution in [0.1, 0.15) is 23.6 Å². The summed E-state index contributed by atoms with van der Waals surface area (Å²) in [5.74, 6) is -1.46. The quantitative estimate of drug-likeness (QED) is 0.745. The second kappa shape index (κ2) is 10.3. The number of rotatable bonds is 5. The molecule has 26 heavy (non-hydrogen) atoms. The lowest BCUT2D eigenvalue weighted by Gasteiger charge is -2.09. The van der Waals surface area contributed by atoms with E-state index in [1.54, 1.807) is 30.3 Å². The molecule has 2 N–H and O–H groups in total. The Kier molecular flexibility index (Phi) is 8.38. The van der Waals surface area contributed by atoms with Gasteiger partial charge in [-0.1, -0.05) is 41.4 Å². The monoisotopic (exact) mass is 376 g/mol. The fourth-order valence-corrected chi connectivity index (χ4v) is 2.08. The predicted molar refractivity (Wildman–Crippen MR) is 102 cm³/mol. The maximum atomic E-state index is 10.4. The zero-order valence-corrected chi connectivity index (χ0v) is 15.5. The molecular weight excluding hydrogens is 356 g/mol. The first kappa shape index (κ1) is 21.3. The Morgan fingerprint density at radius 3 is 2.38 bits per heavy atom. The maximum absolute atomic E-state index is 10.4. The highest BCUT2D eigenvalue weighted by Crippen LogP contribution is 2.18. The minimum absolute atomic E-state index is 0.461. The van der Waals surface area contributed by atoms with Crippen molar-refractivity contribution in [2.24, 2.45) is 0 Å². The van der Waals surface area contributed by atoms with E-state index in [0.717, 1.165) is 22.8 Å². The van der Waals surface area contributed by atoms with Crippen LogP contribution in [0, 0.1) is 13.8 Å². The van der Waals surface area contributed by atoms with Crippen LogP contribution in [0.4, 0.5) is 0 Å². The summed E-state index contributed by atoms with van der Waals surface area (Å²) in [6.07, 6.45) is 1.91. The van der Waals surface area contributed by atoms with Gasteiger partial charge in [-0.15, -0.1) is 0 Å². The number of hydrogen-bond donors (Lipinski definition) is 2. The molecule has 0 spiro atoms. The smallest absolute Gasteiger partial charge is 0.344 e. The Labute approximate surface area is 157 Å². The van der Waals surface area contributed by atoms with E-state index in [0.29, 0.717) is 10.8 Å². The molecule has 0 heterocycles. The molecule has 0 aliphatic carbocycles. The number of ether oxygens (including phenoxy) is 1. The Morgan fingerprint density at radius 2 is 1.81 bits per heavy atom. The summed E-state index contributed by atoms with van der Waals surface area (Å²) in [7, 11) is 0. The van der Waals surface area contributed by atoms with E-state index in [9.17, 15) is 9.59 Å². The van der Waals surface area contributed by atoms with E-state index in [2.05, 4.69) is 0 Å². The van der Waals surface area contributed by atoms with E-state index in [1.165, 1.54) is 6.92 Å². The minimum atomic E-state index is -1.00. The second-order valence-corrected chi connectivity index (χ2v) is 6.02. The fraction of sp³-hybridized carbons (Fsp3) is 0.200. The van der Waals surface area contributed by atoms with Crippen LogP contribution >= 0.6 is 11.6 Å². The molecule has 0 aliphatic rings. The highest BCUT2D eigenvalue weighted by Gasteiger charge is 2.11. The van der Waals surface area contributed by atoms with E-state index in [1.807, 2.05) is 32.0 Å². The first-order valence-electron chi connectivity index (χ1n) is 7.82. The standard InChI is InChI=1S/C11H12O2.C9H9ClO3/c1-8-3-4-9(2)10(7-8)5-6-11(12)13;1-6(9(11)12)13-8-4-2-3-7(10)5-8/h3-7H,1-2H3,(H,12,13);2-6H,1H3,(H,11,12). The lowest BCUT2D eigenvalue weighted by Crippen LogP contribution is -2.22. The first-order chi connectivity index (χ1) is 12.2.